The van der Waals surface area contributed by atoms with E-state index in [4.69, 9.17) is 5.73 Å². The van der Waals surface area contributed by atoms with Gasteiger partial charge in [-0.25, -0.2) is 0 Å². The summed E-state index contributed by atoms with van der Waals surface area (Å²) in [4.78, 5) is 3.29. The third-order valence-corrected chi connectivity index (χ3v) is 1.12. The van der Waals surface area contributed by atoms with Gasteiger partial charge in [-0.05, 0) is 12.8 Å². The molecule has 0 aromatic heterocycles. The fourth-order valence-electron chi connectivity index (χ4n) is 0.452. The Morgan fingerprint density at radius 3 is 2.25 bits per heavy atom. The highest BCUT2D eigenvalue weighted by molar-refractivity contribution is 5.33. The fraction of sp³-hybridized carbons (Fsp3) is 0.286. The van der Waals surface area contributed by atoms with Gasteiger partial charge in [-0.3, -0.25) is 4.99 Å². The number of nitrogens with zero attached hydrogens (tertiary/aromatic N) is 1. The molecule has 0 bridgehead atoms. The number of hydrogen-bond donors (Lipinski definition) is 1. The first kappa shape index (κ1) is 10.9. The molecule has 0 aromatic rings. The second kappa shape index (κ2) is 4.06. The first-order valence-electron chi connectivity index (χ1n) is 3.05. The molecule has 0 unspecified atom stereocenters. The number of rotatable bonds is 3. The molecule has 0 heterocycles. The summed E-state index contributed by atoms with van der Waals surface area (Å²) in [5, 5.41) is 0. The second-order valence-electron chi connectivity index (χ2n) is 2.02. The topological polar surface area (TPSA) is 38.4 Å². The quantitative estimate of drug-likeness (QED) is 0.518. The van der Waals surface area contributed by atoms with Crippen LogP contribution in [-0.4, -0.2) is 19.4 Å². The van der Waals surface area contributed by atoms with Gasteiger partial charge in [-0.1, -0.05) is 6.58 Å². The molecule has 0 saturated carbocycles. The van der Waals surface area contributed by atoms with Crippen molar-refractivity contribution in [3.8, 4) is 0 Å². The predicted molar refractivity (Wildman–Crippen MR) is 41.9 cm³/mol. The van der Waals surface area contributed by atoms with E-state index in [1.165, 1.54) is 0 Å². The van der Waals surface area contributed by atoms with Gasteiger partial charge >= 0.3 is 6.18 Å². The van der Waals surface area contributed by atoms with Crippen LogP contribution in [0.5, 0.6) is 0 Å². The van der Waals surface area contributed by atoms with Gasteiger partial charge < -0.3 is 5.73 Å². The average molecular weight is 178 g/mol. The maximum atomic E-state index is 11.8. The van der Waals surface area contributed by atoms with Gasteiger partial charge in [0.25, 0.3) is 0 Å². The molecule has 0 aliphatic heterocycles. The van der Waals surface area contributed by atoms with E-state index in [1.54, 1.807) is 0 Å². The average Bonchev–Trinajstić information content (AvgIpc) is 1.97. The standard InChI is InChI=1S/C7H9F3N2/c1-5(7(8,9)10)3-6(4-11)12-2/h3H,1-2,4,11H2/b6-3-. The molecule has 0 saturated heterocycles. The molecule has 5 heteroatoms. The van der Waals surface area contributed by atoms with Gasteiger partial charge in [0.1, 0.15) is 0 Å². The molecule has 12 heavy (non-hydrogen) atoms. The highest BCUT2D eigenvalue weighted by Gasteiger charge is 2.30. The molecule has 0 aromatic carbocycles. The van der Waals surface area contributed by atoms with Crippen molar-refractivity contribution in [3.63, 3.8) is 0 Å². The summed E-state index contributed by atoms with van der Waals surface area (Å²) in [6, 6.07) is 0. The first-order valence-corrected chi connectivity index (χ1v) is 3.05. The number of alkyl halides is 3. The molecule has 0 atom stereocenters. The minimum absolute atomic E-state index is 0.0670. The highest BCUT2D eigenvalue weighted by Crippen LogP contribution is 2.25. The summed E-state index contributed by atoms with van der Waals surface area (Å²) >= 11 is 0. The zero-order valence-electron chi connectivity index (χ0n) is 6.36. The van der Waals surface area contributed by atoms with E-state index in [2.05, 4.69) is 18.3 Å². The van der Waals surface area contributed by atoms with Crippen LogP contribution in [0.25, 0.3) is 0 Å². The van der Waals surface area contributed by atoms with Gasteiger partial charge in [0, 0.05) is 6.54 Å². The monoisotopic (exact) mass is 178 g/mol. The molecule has 0 rings (SSSR count). The summed E-state index contributed by atoms with van der Waals surface area (Å²) in [7, 11) is 0. The van der Waals surface area contributed by atoms with Crippen LogP contribution in [0.3, 0.4) is 0 Å². The van der Waals surface area contributed by atoms with E-state index in [0.29, 0.717) is 0 Å². The van der Waals surface area contributed by atoms with Crippen LogP contribution in [0.2, 0.25) is 0 Å². The lowest BCUT2D eigenvalue weighted by Crippen LogP contribution is -2.10. The van der Waals surface area contributed by atoms with Crippen molar-refractivity contribution in [1.29, 1.82) is 0 Å². The summed E-state index contributed by atoms with van der Waals surface area (Å²) in [5.41, 5.74) is 4.15. The van der Waals surface area contributed by atoms with Crippen molar-refractivity contribution >= 4 is 6.72 Å². The van der Waals surface area contributed by atoms with E-state index in [-0.39, 0.29) is 12.2 Å². The minimum Gasteiger partial charge on any atom is -0.325 e. The van der Waals surface area contributed by atoms with Gasteiger partial charge in [0.05, 0.1) is 11.3 Å². The van der Waals surface area contributed by atoms with E-state index < -0.39 is 11.7 Å². The maximum Gasteiger partial charge on any atom is 0.415 e. The lowest BCUT2D eigenvalue weighted by atomic mass is 10.2. The minimum atomic E-state index is -4.43. The summed E-state index contributed by atoms with van der Waals surface area (Å²) in [5.74, 6) is 0. The normalized spacial score (nSPS) is 12.8. The zero-order valence-corrected chi connectivity index (χ0v) is 6.36. The Kier molecular flexibility index (Phi) is 3.69. The second-order valence-corrected chi connectivity index (χ2v) is 2.02. The van der Waals surface area contributed by atoms with E-state index in [1.807, 2.05) is 0 Å². The molecular weight excluding hydrogens is 169 g/mol. The molecule has 0 amide bonds. The Hall–Kier alpha value is -1.10. The van der Waals surface area contributed by atoms with Gasteiger partial charge in [0.2, 0.25) is 0 Å². The summed E-state index contributed by atoms with van der Waals surface area (Å²) < 4.78 is 35.5. The number of nitrogens with two attached hydrogens (primary N) is 1. The molecule has 0 aliphatic carbocycles. The lowest BCUT2D eigenvalue weighted by molar-refractivity contribution is -0.0878. The maximum absolute atomic E-state index is 11.8. The van der Waals surface area contributed by atoms with Gasteiger partial charge in [-0.2, -0.15) is 13.2 Å². The van der Waals surface area contributed by atoms with E-state index in [9.17, 15) is 13.2 Å². The largest absolute Gasteiger partial charge is 0.415 e. The van der Waals surface area contributed by atoms with Crippen LogP contribution in [0.15, 0.2) is 28.9 Å². The molecule has 2 nitrogen and oxygen atoms in total. The van der Waals surface area contributed by atoms with Crippen LogP contribution in [-0.2, 0) is 0 Å². The Balaban J connectivity index is 4.53. The van der Waals surface area contributed by atoms with Crippen LogP contribution in [0.4, 0.5) is 13.2 Å². The first-order chi connectivity index (χ1) is 5.41. The lowest BCUT2D eigenvalue weighted by Gasteiger charge is -2.05. The van der Waals surface area contributed by atoms with Crippen molar-refractivity contribution in [2.75, 3.05) is 6.54 Å². The Morgan fingerprint density at radius 1 is 1.50 bits per heavy atom. The summed E-state index contributed by atoms with van der Waals surface area (Å²) in [6.07, 6.45) is -3.65. The van der Waals surface area contributed by atoms with Gasteiger partial charge in [-0.15, -0.1) is 0 Å². The van der Waals surface area contributed by atoms with Crippen molar-refractivity contribution in [3.05, 3.63) is 23.9 Å². The smallest absolute Gasteiger partial charge is 0.325 e. The van der Waals surface area contributed by atoms with Crippen molar-refractivity contribution in [2.24, 2.45) is 10.7 Å². The third kappa shape index (κ3) is 3.34. The SMILES string of the molecule is C=N/C(=C\C(=C)C(F)(F)F)CN. The number of hydrogen-bond acceptors (Lipinski definition) is 2. The third-order valence-electron chi connectivity index (χ3n) is 1.12. The predicted octanol–water partition coefficient (Wildman–Crippen LogP) is 1.65. The van der Waals surface area contributed by atoms with Crippen LogP contribution in [0, 0.1) is 0 Å². The van der Waals surface area contributed by atoms with Crippen molar-refractivity contribution in [2.45, 2.75) is 6.18 Å². The number of aliphatic imine (C=N–C) groups is 1. The molecule has 0 radical (unpaired) electrons. The van der Waals surface area contributed by atoms with E-state index in [0.717, 1.165) is 6.08 Å². The fourth-order valence-corrected chi connectivity index (χ4v) is 0.452. The van der Waals surface area contributed by atoms with Gasteiger partial charge in [0.15, 0.2) is 0 Å². The number of allylic oxidation sites excluding steroid dienone is 2. The Bertz CT molecular complexity index is 215. The zero-order chi connectivity index (χ0) is 9.78. The van der Waals surface area contributed by atoms with E-state index >= 15 is 0 Å². The Morgan fingerprint density at radius 2 is 2.00 bits per heavy atom. The van der Waals surface area contributed by atoms with Crippen LogP contribution in [0.1, 0.15) is 0 Å². The van der Waals surface area contributed by atoms with Crippen molar-refractivity contribution in [1.82, 2.24) is 0 Å². The highest BCUT2D eigenvalue weighted by atomic mass is 19.4. The molecule has 68 valence electrons. The molecule has 2 N–H and O–H groups in total. The summed E-state index contributed by atoms with van der Waals surface area (Å²) in [6.45, 7) is 5.79. The molecule has 0 aliphatic rings. The van der Waals surface area contributed by atoms with Crippen molar-refractivity contribution < 1.29 is 13.2 Å². The van der Waals surface area contributed by atoms with Crippen LogP contribution < -0.4 is 5.73 Å². The Labute approximate surface area is 68.3 Å². The molecule has 0 fully saturated rings. The molecule has 0 spiro atoms. The molecular formula is C7H9F3N2. The van der Waals surface area contributed by atoms with Crippen LogP contribution >= 0.6 is 0 Å². The number of halogens is 3.